The summed E-state index contributed by atoms with van der Waals surface area (Å²) in [6, 6.07) is 11.0. The molecular weight excluding hydrogens is 612 g/mol. The number of amides is 3. The number of nitrogens with zero attached hydrogens (tertiary/aromatic N) is 2. The molecule has 5 atom stereocenters. The number of methoxy groups -OCH3 is 1. The van der Waals surface area contributed by atoms with Crippen LogP contribution in [0.15, 0.2) is 52.9 Å². The third kappa shape index (κ3) is 6.74. The van der Waals surface area contributed by atoms with Crippen molar-refractivity contribution in [3.63, 3.8) is 0 Å². The number of carbonyl (C=O) groups excluding carboxylic acids is 2. The van der Waals surface area contributed by atoms with Crippen molar-refractivity contribution >= 4 is 39.1 Å². The van der Waals surface area contributed by atoms with Gasteiger partial charge in [-0.15, -0.1) is 4.36 Å². The number of hydrogen-bond donors (Lipinski definition) is 2. The third-order valence-electron chi connectivity index (χ3n) is 9.85. The lowest BCUT2D eigenvalue weighted by atomic mass is 9.68. The summed E-state index contributed by atoms with van der Waals surface area (Å²) in [7, 11) is -1.61. The van der Waals surface area contributed by atoms with E-state index in [-0.39, 0.29) is 17.3 Å². The van der Waals surface area contributed by atoms with Gasteiger partial charge in [-0.05, 0) is 105 Å². The van der Waals surface area contributed by atoms with Gasteiger partial charge < -0.3 is 19.7 Å². The average Bonchev–Trinajstić information content (AvgIpc) is 3.14. The molecule has 9 nitrogen and oxygen atoms in total. The van der Waals surface area contributed by atoms with Crippen LogP contribution in [0.3, 0.4) is 0 Å². The van der Waals surface area contributed by atoms with Gasteiger partial charge in [0.25, 0.3) is 5.91 Å². The predicted octanol–water partition coefficient (Wildman–Crippen LogP) is 6.05. The normalized spacial score (nSPS) is 30.4. The molecule has 2 aliphatic heterocycles. The van der Waals surface area contributed by atoms with Gasteiger partial charge in [0, 0.05) is 42.7 Å². The highest BCUT2D eigenvalue weighted by Gasteiger charge is 2.44. The Bertz CT molecular complexity index is 1600. The number of aryl methyl sites for hydroxylation is 1. The number of rotatable bonds is 3. The molecule has 4 aliphatic rings. The van der Waals surface area contributed by atoms with E-state index in [4.69, 9.17) is 21.1 Å². The summed E-state index contributed by atoms with van der Waals surface area (Å²) in [5, 5.41) is 3.34. The highest BCUT2D eigenvalue weighted by Crippen LogP contribution is 2.47. The van der Waals surface area contributed by atoms with Gasteiger partial charge in [-0.2, -0.15) is 0 Å². The van der Waals surface area contributed by atoms with E-state index in [9.17, 15) is 13.8 Å². The van der Waals surface area contributed by atoms with Crippen LogP contribution >= 0.6 is 11.6 Å². The fraction of sp³-hybridized carbons (Fsp3) is 0.529. The largest absolute Gasteiger partial charge is 0.490 e. The fourth-order valence-corrected chi connectivity index (χ4v) is 9.18. The molecule has 11 heteroatoms. The van der Waals surface area contributed by atoms with Crippen molar-refractivity contribution in [1.29, 1.82) is 0 Å². The molecule has 2 bridgehead atoms. The van der Waals surface area contributed by atoms with Crippen molar-refractivity contribution in [2.75, 3.05) is 44.0 Å². The third-order valence-corrected chi connectivity index (χ3v) is 11.9. The molecule has 2 aromatic carbocycles. The minimum atomic E-state index is -3.37. The van der Waals surface area contributed by atoms with Crippen molar-refractivity contribution in [3.05, 3.63) is 70.3 Å². The number of urea groups is 1. The van der Waals surface area contributed by atoms with Crippen molar-refractivity contribution in [1.82, 2.24) is 10.0 Å². The van der Waals surface area contributed by atoms with Crippen molar-refractivity contribution in [2.24, 2.45) is 16.2 Å². The maximum Gasteiger partial charge on any atom is 0.327 e. The lowest BCUT2D eigenvalue weighted by Gasteiger charge is -2.46. The SMILES string of the molecule is CCNC(=O)NS1(=O)=NC(=O)c2ccc3c(c2)N(C[C@@H]2CC[C@H]2[C@@H](OC)/C=C/CCC1)C[C@@]1(CCCc2cc(Cl)ccc21)CO3. The minimum absolute atomic E-state index is 0.0266. The van der Waals surface area contributed by atoms with E-state index in [1.165, 1.54) is 11.1 Å². The molecule has 242 valence electrons. The first kappa shape index (κ1) is 31.9. The molecule has 1 spiro atoms. The molecule has 0 aromatic heterocycles. The first-order chi connectivity index (χ1) is 21.7. The van der Waals surface area contributed by atoms with Crippen LogP contribution < -0.4 is 19.7 Å². The van der Waals surface area contributed by atoms with E-state index >= 15 is 0 Å². The number of nitrogens with one attached hydrogen (secondary N) is 2. The number of allylic oxidation sites excluding steroid dienone is 1. The van der Waals surface area contributed by atoms with Crippen LogP contribution in [-0.2, 0) is 26.5 Å². The fourth-order valence-electron chi connectivity index (χ4n) is 7.46. The summed E-state index contributed by atoms with van der Waals surface area (Å²) in [5.74, 6) is 0.915. The number of benzene rings is 2. The quantitative estimate of drug-likeness (QED) is 0.390. The Labute approximate surface area is 271 Å². The molecule has 2 aromatic rings. The Balaban J connectivity index is 1.43. The second kappa shape index (κ2) is 13.3. The summed E-state index contributed by atoms with van der Waals surface area (Å²) < 4.78 is 33.1. The Hall–Kier alpha value is -3.08. The van der Waals surface area contributed by atoms with Crippen LogP contribution in [0.5, 0.6) is 5.75 Å². The first-order valence-electron chi connectivity index (χ1n) is 16.1. The molecule has 2 heterocycles. The Morgan fingerprint density at radius 2 is 2.09 bits per heavy atom. The second-order valence-electron chi connectivity index (χ2n) is 12.8. The van der Waals surface area contributed by atoms with Gasteiger partial charge >= 0.3 is 6.03 Å². The second-order valence-corrected chi connectivity index (χ2v) is 15.3. The van der Waals surface area contributed by atoms with E-state index in [0.717, 1.165) is 55.9 Å². The zero-order valence-electron chi connectivity index (χ0n) is 26.1. The van der Waals surface area contributed by atoms with Crippen LogP contribution in [0.1, 0.15) is 66.9 Å². The van der Waals surface area contributed by atoms with Crippen LogP contribution in [0.25, 0.3) is 0 Å². The van der Waals surface area contributed by atoms with Crippen molar-refractivity contribution in [2.45, 2.75) is 63.4 Å². The topological polar surface area (TPSA) is 109 Å². The zero-order valence-corrected chi connectivity index (χ0v) is 27.6. The average molecular weight is 655 g/mol. The molecule has 2 aliphatic carbocycles. The molecule has 1 fully saturated rings. The molecule has 45 heavy (non-hydrogen) atoms. The van der Waals surface area contributed by atoms with E-state index in [2.05, 4.69) is 43.6 Å². The van der Waals surface area contributed by atoms with Gasteiger partial charge in [-0.3, -0.25) is 9.52 Å². The van der Waals surface area contributed by atoms with Gasteiger partial charge in [0.2, 0.25) is 0 Å². The lowest BCUT2D eigenvalue weighted by molar-refractivity contribution is 0.0132. The molecule has 2 N–H and O–H groups in total. The monoisotopic (exact) mass is 654 g/mol. The number of hydrogen-bond acceptors (Lipinski definition) is 6. The van der Waals surface area contributed by atoms with E-state index in [1.54, 1.807) is 20.1 Å². The molecule has 0 saturated heterocycles. The number of fused-ring (bicyclic) bond motifs is 4. The van der Waals surface area contributed by atoms with E-state index in [0.29, 0.717) is 49.1 Å². The van der Waals surface area contributed by atoms with Gasteiger partial charge in [-0.25, -0.2) is 9.00 Å². The predicted molar refractivity (Wildman–Crippen MR) is 178 cm³/mol. The highest BCUT2D eigenvalue weighted by molar-refractivity contribution is 7.92. The van der Waals surface area contributed by atoms with Crippen molar-refractivity contribution in [3.8, 4) is 5.75 Å². The summed E-state index contributed by atoms with van der Waals surface area (Å²) in [6.45, 7) is 4.17. The molecule has 1 unspecified atom stereocenters. The number of ether oxygens (including phenoxy) is 2. The molecule has 1 saturated carbocycles. The molecule has 0 radical (unpaired) electrons. The lowest BCUT2D eigenvalue weighted by Crippen LogP contribution is -2.49. The highest BCUT2D eigenvalue weighted by atomic mass is 35.5. The Morgan fingerprint density at radius 1 is 1.22 bits per heavy atom. The maximum atomic E-state index is 13.9. The molecular formula is C34H43ClN4O5S. The summed E-state index contributed by atoms with van der Waals surface area (Å²) >= 11 is 6.42. The summed E-state index contributed by atoms with van der Waals surface area (Å²) in [4.78, 5) is 28.4. The Morgan fingerprint density at radius 3 is 2.87 bits per heavy atom. The van der Waals surface area contributed by atoms with E-state index in [1.807, 2.05) is 18.2 Å². The standard InChI is InChI=1S/C34H43ClN4O5S/c1-3-36-33(41)38-45(42)17-6-4-5-9-30(43-2)27-13-10-25(27)20-39-21-34(16-7-8-23-18-26(35)12-14-28(23)34)22-44-31-15-11-24(19-29(31)39)32(40)37-45/h5,9,11-12,14-15,18-19,25,27,30H,3-4,6-8,10,13,16-17,20-22H2,1-2H3,(H2,36,37,38,40,41,42)/b9-5+/t25-,27+,30-,34-,45?/m0/s1. The zero-order chi connectivity index (χ0) is 31.6. The molecule has 3 amide bonds. The number of carbonyl (C=O) groups is 2. The van der Waals surface area contributed by atoms with Gasteiger partial charge in [0.05, 0.1) is 24.2 Å². The summed E-state index contributed by atoms with van der Waals surface area (Å²) in [6.07, 6.45) is 10.5. The Kier molecular flexibility index (Phi) is 9.45. The number of halogens is 1. The minimum Gasteiger partial charge on any atom is -0.490 e. The van der Waals surface area contributed by atoms with Gasteiger partial charge in [0.15, 0.2) is 0 Å². The smallest absolute Gasteiger partial charge is 0.327 e. The first-order valence-corrected chi connectivity index (χ1v) is 18.1. The van der Waals surface area contributed by atoms with Crippen molar-refractivity contribution < 1.29 is 23.3 Å². The maximum absolute atomic E-state index is 13.9. The number of anilines is 1. The van der Waals surface area contributed by atoms with E-state index < -0.39 is 21.9 Å². The van der Waals surface area contributed by atoms with Gasteiger partial charge in [-0.1, -0.05) is 29.8 Å². The van der Waals surface area contributed by atoms with Crippen LogP contribution in [0, 0.1) is 11.8 Å². The summed E-state index contributed by atoms with van der Waals surface area (Å²) in [5.41, 5.74) is 3.46. The van der Waals surface area contributed by atoms with Crippen LogP contribution in [-0.4, -0.2) is 61.4 Å². The van der Waals surface area contributed by atoms with Crippen LogP contribution in [0.4, 0.5) is 10.5 Å². The van der Waals surface area contributed by atoms with Crippen LogP contribution in [0.2, 0.25) is 5.02 Å². The molecule has 6 rings (SSSR count). The van der Waals surface area contributed by atoms with Gasteiger partial charge in [0.1, 0.15) is 15.7 Å².